The van der Waals surface area contributed by atoms with Gasteiger partial charge in [-0.05, 0) is 5.56 Å². The number of hydrogen-bond acceptors (Lipinski definition) is 4. The second-order valence-corrected chi connectivity index (χ2v) is 4.07. The van der Waals surface area contributed by atoms with E-state index in [1.165, 1.54) is 5.56 Å². The maximum absolute atomic E-state index is 5.53. The van der Waals surface area contributed by atoms with Crippen molar-refractivity contribution >= 4 is 11.2 Å². The van der Waals surface area contributed by atoms with E-state index in [1.807, 2.05) is 18.2 Å². The van der Waals surface area contributed by atoms with E-state index in [1.54, 1.807) is 6.20 Å². The Balaban J connectivity index is 1.93. The molecule has 0 bridgehead atoms. The molecule has 0 aliphatic heterocycles. The third-order valence-electron chi connectivity index (χ3n) is 2.74. The van der Waals surface area contributed by atoms with Crippen LogP contribution in [0.4, 0.5) is 0 Å². The van der Waals surface area contributed by atoms with Gasteiger partial charge >= 0.3 is 0 Å². The Morgan fingerprint density at radius 2 is 1.94 bits per heavy atom. The lowest BCUT2D eigenvalue weighted by Crippen LogP contribution is -1.97. The van der Waals surface area contributed by atoms with Crippen LogP contribution >= 0.6 is 0 Å². The summed E-state index contributed by atoms with van der Waals surface area (Å²) in [5, 5.41) is 0. The van der Waals surface area contributed by atoms with Crippen LogP contribution in [0.2, 0.25) is 0 Å². The number of aromatic amines is 1. The van der Waals surface area contributed by atoms with Gasteiger partial charge in [0, 0.05) is 6.42 Å². The molecule has 18 heavy (non-hydrogen) atoms. The van der Waals surface area contributed by atoms with Crippen molar-refractivity contribution < 1.29 is 0 Å². The van der Waals surface area contributed by atoms with E-state index in [0.29, 0.717) is 18.6 Å². The Hall–Kier alpha value is -2.27. The molecule has 0 aliphatic carbocycles. The van der Waals surface area contributed by atoms with Crippen molar-refractivity contribution in [2.75, 3.05) is 0 Å². The highest BCUT2D eigenvalue weighted by atomic mass is 15.0. The van der Waals surface area contributed by atoms with E-state index in [2.05, 4.69) is 32.1 Å². The second kappa shape index (κ2) is 4.54. The average molecular weight is 239 g/mol. The van der Waals surface area contributed by atoms with Crippen LogP contribution in [-0.4, -0.2) is 19.9 Å². The maximum Gasteiger partial charge on any atom is 0.181 e. The molecule has 2 aromatic heterocycles. The Kier molecular flexibility index (Phi) is 2.74. The third-order valence-corrected chi connectivity index (χ3v) is 2.74. The largest absolute Gasteiger partial charge is 0.338 e. The SMILES string of the molecule is NCc1nc2nc(Cc3ccccc3)ncc2[nH]1. The van der Waals surface area contributed by atoms with Gasteiger partial charge in [0.1, 0.15) is 17.2 Å². The fourth-order valence-electron chi connectivity index (χ4n) is 1.85. The molecule has 0 radical (unpaired) electrons. The van der Waals surface area contributed by atoms with Gasteiger partial charge in [-0.2, -0.15) is 0 Å². The predicted octanol–water partition coefficient (Wildman–Crippen LogP) is 1.40. The number of hydrogen-bond donors (Lipinski definition) is 2. The standard InChI is InChI=1S/C13H13N5/c14-7-12-16-10-8-15-11(17-13(10)18-12)6-9-4-2-1-3-5-9/h1-5,8H,6-7,14H2,(H,15,16,17,18). The first-order valence-electron chi connectivity index (χ1n) is 5.79. The fourth-order valence-corrected chi connectivity index (χ4v) is 1.85. The summed E-state index contributed by atoms with van der Waals surface area (Å²) in [4.78, 5) is 16.1. The molecule has 2 heterocycles. The molecular weight excluding hydrogens is 226 g/mol. The molecule has 3 rings (SSSR count). The monoisotopic (exact) mass is 239 g/mol. The molecule has 90 valence electrons. The number of imidazole rings is 1. The molecule has 0 saturated heterocycles. The zero-order valence-electron chi connectivity index (χ0n) is 9.80. The van der Waals surface area contributed by atoms with E-state index in [9.17, 15) is 0 Å². The molecule has 3 N–H and O–H groups in total. The lowest BCUT2D eigenvalue weighted by atomic mass is 10.1. The maximum atomic E-state index is 5.53. The van der Waals surface area contributed by atoms with Gasteiger partial charge in [-0.25, -0.2) is 15.0 Å². The zero-order valence-corrected chi connectivity index (χ0v) is 9.80. The molecule has 0 atom stereocenters. The number of nitrogens with zero attached hydrogens (tertiary/aromatic N) is 3. The van der Waals surface area contributed by atoms with Crippen LogP contribution < -0.4 is 5.73 Å². The summed E-state index contributed by atoms with van der Waals surface area (Å²) < 4.78 is 0. The van der Waals surface area contributed by atoms with Gasteiger partial charge in [0.05, 0.1) is 12.7 Å². The minimum absolute atomic E-state index is 0.379. The summed E-state index contributed by atoms with van der Waals surface area (Å²) >= 11 is 0. The van der Waals surface area contributed by atoms with Crippen LogP contribution in [0.25, 0.3) is 11.2 Å². The van der Waals surface area contributed by atoms with Gasteiger partial charge in [-0.3, -0.25) is 0 Å². The molecule has 5 nitrogen and oxygen atoms in total. The lowest BCUT2D eigenvalue weighted by molar-refractivity contribution is 0.953. The summed E-state index contributed by atoms with van der Waals surface area (Å²) in [5.41, 5.74) is 8.22. The summed E-state index contributed by atoms with van der Waals surface area (Å²) in [7, 11) is 0. The lowest BCUT2D eigenvalue weighted by Gasteiger charge is -1.99. The van der Waals surface area contributed by atoms with E-state index in [4.69, 9.17) is 5.73 Å². The molecular formula is C13H13N5. The topological polar surface area (TPSA) is 80.5 Å². The van der Waals surface area contributed by atoms with Crippen molar-refractivity contribution in [1.29, 1.82) is 0 Å². The van der Waals surface area contributed by atoms with Crippen molar-refractivity contribution in [3.05, 3.63) is 53.7 Å². The molecule has 0 aliphatic rings. The molecule has 5 heteroatoms. The minimum Gasteiger partial charge on any atom is -0.338 e. The quantitative estimate of drug-likeness (QED) is 0.724. The summed E-state index contributed by atoms with van der Waals surface area (Å²) in [6.07, 6.45) is 2.47. The van der Waals surface area contributed by atoms with Crippen molar-refractivity contribution in [2.45, 2.75) is 13.0 Å². The van der Waals surface area contributed by atoms with Crippen LogP contribution in [0.5, 0.6) is 0 Å². The van der Waals surface area contributed by atoms with Crippen LogP contribution in [-0.2, 0) is 13.0 Å². The minimum atomic E-state index is 0.379. The first-order valence-corrected chi connectivity index (χ1v) is 5.79. The highest BCUT2D eigenvalue weighted by Crippen LogP contribution is 2.10. The predicted molar refractivity (Wildman–Crippen MR) is 68.8 cm³/mol. The van der Waals surface area contributed by atoms with Crippen LogP contribution in [0.1, 0.15) is 17.2 Å². The van der Waals surface area contributed by atoms with Gasteiger partial charge in [0.25, 0.3) is 0 Å². The van der Waals surface area contributed by atoms with Crippen molar-refractivity contribution in [2.24, 2.45) is 5.73 Å². The Morgan fingerprint density at radius 3 is 2.72 bits per heavy atom. The summed E-state index contributed by atoms with van der Waals surface area (Å²) in [6.45, 7) is 0.379. The molecule has 0 fully saturated rings. The summed E-state index contributed by atoms with van der Waals surface area (Å²) in [6, 6.07) is 10.1. The number of fused-ring (bicyclic) bond motifs is 1. The Bertz CT molecular complexity index is 659. The fraction of sp³-hybridized carbons (Fsp3) is 0.154. The van der Waals surface area contributed by atoms with Gasteiger partial charge in [-0.15, -0.1) is 0 Å². The molecule has 0 unspecified atom stereocenters. The molecule has 3 aromatic rings. The van der Waals surface area contributed by atoms with Crippen molar-refractivity contribution in [3.8, 4) is 0 Å². The number of benzene rings is 1. The molecule has 0 amide bonds. The first kappa shape index (κ1) is 10.9. The summed E-state index contributed by atoms with van der Waals surface area (Å²) in [5.74, 6) is 1.50. The number of H-pyrrole nitrogens is 1. The smallest absolute Gasteiger partial charge is 0.181 e. The van der Waals surface area contributed by atoms with E-state index in [-0.39, 0.29) is 0 Å². The highest BCUT2D eigenvalue weighted by molar-refractivity contribution is 5.69. The molecule has 1 aromatic carbocycles. The second-order valence-electron chi connectivity index (χ2n) is 4.07. The number of nitrogens with two attached hydrogens (primary N) is 1. The molecule has 0 saturated carbocycles. The average Bonchev–Trinajstić information content (AvgIpc) is 2.82. The van der Waals surface area contributed by atoms with E-state index < -0.39 is 0 Å². The number of rotatable bonds is 3. The van der Waals surface area contributed by atoms with Crippen molar-refractivity contribution in [3.63, 3.8) is 0 Å². The van der Waals surface area contributed by atoms with Crippen LogP contribution in [0.3, 0.4) is 0 Å². The van der Waals surface area contributed by atoms with Crippen LogP contribution in [0.15, 0.2) is 36.5 Å². The van der Waals surface area contributed by atoms with Crippen molar-refractivity contribution in [1.82, 2.24) is 19.9 Å². The number of aromatic nitrogens is 4. The normalized spacial score (nSPS) is 10.9. The Labute approximate surface area is 104 Å². The first-order chi connectivity index (χ1) is 8.85. The van der Waals surface area contributed by atoms with E-state index >= 15 is 0 Å². The third kappa shape index (κ3) is 2.08. The van der Waals surface area contributed by atoms with Gasteiger partial charge in [-0.1, -0.05) is 30.3 Å². The van der Waals surface area contributed by atoms with Gasteiger partial charge in [0.2, 0.25) is 0 Å². The number of nitrogens with one attached hydrogen (secondary N) is 1. The highest BCUT2D eigenvalue weighted by Gasteiger charge is 2.05. The molecule has 0 spiro atoms. The Morgan fingerprint density at radius 1 is 1.11 bits per heavy atom. The van der Waals surface area contributed by atoms with Gasteiger partial charge < -0.3 is 10.7 Å². The zero-order chi connectivity index (χ0) is 12.4. The van der Waals surface area contributed by atoms with E-state index in [0.717, 1.165) is 17.2 Å². The van der Waals surface area contributed by atoms with Crippen LogP contribution in [0, 0.1) is 0 Å². The van der Waals surface area contributed by atoms with Gasteiger partial charge in [0.15, 0.2) is 5.65 Å².